The van der Waals surface area contributed by atoms with E-state index in [9.17, 15) is 4.79 Å². The van der Waals surface area contributed by atoms with E-state index < -0.39 is 5.97 Å². The second kappa shape index (κ2) is 12.9. The van der Waals surface area contributed by atoms with Gasteiger partial charge in [-0.05, 0) is 37.8 Å². The minimum Gasteiger partial charge on any atom is -0.423 e. The molecule has 1 aromatic rings. The van der Waals surface area contributed by atoms with E-state index in [1.165, 1.54) is 44.6 Å². The van der Waals surface area contributed by atoms with E-state index in [0.29, 0.717) is 5.75 Å². The first-order chi connectivity index (χ1) is 11.3. The Kier molecular flexibility index (Phi) is 10.9. The lowest BCUT2D eigenvalue weighted by Gasteiger charge is -2.08. The molecule has 0 atom stereocenters. The summed E-state index contributed by atoms with van der Waals surface area (Å²) in [5.41, 5.74) is 1.10. The lowest BCUT2D eigenvalue weighted by molar-refractivity contribution is -0.129. The molecule has 23 heavy (non-hydrogen) atoms. The van der Waals surface area contributed by atoms with Crippen LogP contribution in [0.25, 0.3) is 0 Å². The molecular formula is C20H30O3. The monoisotopic (exact) mass is 318 g/mol. The van der Waals surface area contributed by atoms with Crippen molar-refractivity contribution in [1.29, 1.82) is 0 Å². The summed E-state index contributed by atoms with van der Waals surface area (Å²) in [4.78, 5) is 11.3. The van der Waals surface area contributed by atoms with Crippen LogP contribution < -0.4 is 4.74 Å². The normalized spacial score (nSPS) is 10.5. The molecule has 1 rings (SSSR count). The summed E-state index contributed by atoms with van der Waals surface area (Å²) in [6.07, 6.45) is 10.8. The van der Waals surface area contributed by atoms with E-state index in [1.807, 2.05) is 31.2 Å². The maximum absolute atomic E-state index is 11.3. The number of hydrogen-bond acceptors (Lipinski definition) is 3. The first kappa shape index (κ1) is 19.4. The van der Waals surface area contributed by atoms with E-state index >= 15 is 0 Å². The Morgan fingerprint density at radius 1 is 1.04 bits per heavy atom. The van der Waals surface area contributed by atoms with Gasteiger partial charge in [0, 0.05) is 19.3 Å². The van der Waals surface area contributed by atoms with Gasteiger partial charge in [-0.15, -0.1) is 0 Å². The maximum Gasteiger partial charge on any atom is 0.335 e. The van der Waals surface area contributed by atoms with E-state index in [0.717, 1.165) is 31.6 Å². The third-order valence-electron chi connectivity index (χ3n) is 3.79. The Balaban J connectivity index is 2.14. The molecule has 1 aromatic carbocycles. The summed E-state index contributed by atoms with van der Waals surface area (Å²) in [6.45, 7) is 7.19. The first-order valence-corrected chi connectivity index (χ1v) is 8.77. The van der Waals surface area contributed by atoms with Crippen LogP contribution in [0.15, 0.2) is 36.9 Å². The molecular weight excluding hydrogens is 288 g/mol. The molecule has 0 heterocycles. The quantitative estimate of drug-likeness (QED) is 0.220. The van der Waals surface area contributed by atoms with Crippen molar-refractivity contribution in [2.45, 2.75) is 58.3 Å². The van der Waals surface area contributed by atoms with E-state index in [2.05, 4.69) is 6.58 Å². The molecule has 0 N–H and O–H groups in total. The van der Waals surface area contributed by atoms with Gasteiger partial charge in [-0.25, -0.2) is 4.79 Å². The SMILES string of the molecule is C=CC(=O)Oc1ccccc1CCCCCCCCCOCC. The van der Waals surface area contributed by atoms with Crippen LogP contribution in [-0.4, -0.2) is 19.2 Å². The van der Waals surface area contributed by atoms with Crippen molar-refractivity contribution in [1.82, 2.24) is 0 Å². The van der Waals surface area contributed by atoms with Crippen LogP contribution in [0.2, 0.25) is 0 Å². The average Bonchev–Trinajstić information content (AvgIpc) is 2.57. The molecule has 0 saturated carbocycles. The Hall–Kier alpha value is -1.61. The number of hydrogen-bond donors (Lipinski definition) is 0. The molecule has 0 unspecified atom stereocenters. The number of esters is 1. The first-order valence-electron chi connectivity index (χ1n) is 8.77. The van der Waals surface area contributed by atoms with Crippen LogP contribution in [0, 0.1) is 0 Å². The summed E-state index contributed by atoms with van der Waals surface area (Å²) in [7, 11) is 0. The molecule has 128 valence electrons. The van der Waals surface area contributed by atoms with Gasteiger partial charge in [0.15, 0.2) is 0 Å². The third-order valence-corrected chi connectivity index (χ3v) is 3.79. The van der Waals surface area contributed by atoms with Crippen molar-refractivity contribution in [2.75, 3.05) is 13.2 Å². The topological polar surface area (TPSA) is 35.5 Å². The Morgan fingerprint density at radius 2 is 1.70 bits per heavy atom. The van der Waals surface area contributed by atoms with Crippen molar-refractivity contribution in [3.63, 3.8) is 0 Å². The predicted octanol–water partition coefficient (Wildman–Crippen LogP) is 5.09. The molecule has 3 nitrogen and oxygen atoms in total. The smallest absolute Gasteiger partial charge is 0.335 e. The van der Waals surface area contributed by atoms with Crippen molar-refractivity contribution in [3.8, 4) is 5.75 Å². The van der Waals surface area contributed by atoms with Crippen LogP contribution in [0.3, 0.4) is 0 Å². The number of carbonyl (C=O) groups excluding carboxylic acids is 1. The van der Waals surface area contributed by atoms with E-state index in [-0.39, 0.29) is 0 Å². The summed E-state index contributed by atoms with van der Waals surface area (Å²) in [5, 5.41) is 0. The molecule has 0 bridgehead atoms. The van der Waals surface area contributed by atoms with Gasteiger partial charge < -0.3 is 9.47 Å². The van der Waals surface area contributed by atoms with Crippen LogP contribution in [-0.2, 0) is 16.0 Å². The fraction of sp³-hybridized carbons (Fsp3) is 0.550. The largest absolute Gasteiger partial charge is 0.423 e. The van der Waals surface area contributed by atoms with Gasteiger partial charge >= 0.3 is 5.97 Å². The molecule has 0 spiro atoms. The second-order valence-corrected chi connectivity index (χ2v) is 5.65. The van der Waals surface area contributed by atoms with Crippen molar-refractivity contribution < 1.29 is 14.3 Å². The van der Waals surface area contributed by atoms with E-state index in [1.54, 1.807) is 0 Å². The molecule has 0 aliphatic rings. The van der Waals surface area contributed by atoms with Gasteiger partial charge in [0.2, 0.25) is 0 Å². The zero-order valence-corrected chi connectivity index (χ0v) is 14.4. The van der Waals surface area contributed by atoms with Gasteiger partial charge in [0.1, 0.15) is 5.75 Å². The fourth-order valence-electron chi connectivity index (χ4n) is 2.51. The molecule has 0 saturated heterocycles. The number of carbonyl (C=O) groups is 1. The average molecular weight is 318 g/mol. The number of benzene rings is 1. The highest BCUT2D eigenvalue weighted by Crippen LogP contribution is 2.21. The molecule has 0 amide bonds. The summed E-state index contributed by atoms with van der Waals surface area (Å²) < 4.78 is 10.6. The highest BCUT2D eigenvalue weighted by atomic mass is 16.5. The number of rotatable bonds is 13. The van der Waals surface area contributed by atoms with E-state index in [4.69, 9.17) is 9.47 Å². The highest BCUT2D eigenvalue weighted by molar-refractivity contribution is 5.83. The van der Waals surface area contributed by atoms with Crippen LogP contribution >= 0.6 is 0 Å². The van der Waals surface area contributed by atoms with Gasteiger partial charge in [-0.3, -0.25) is 0 Å². The van der Waals surface area contributed by atoms with Crippen molar-refractivity contribution in [2.24, 2.45) is 0 Å². The van der Waals surface area contributed by atoms with Gasteiger partial charge in [-0.2, -0.15) is 0 Å². The van der Waals surface area contributed by atoms with Crippen molar-refractivity contribution >= 4 is 5.97 Å². The Morgan fingerprint density at radius 3 is 2.39 bits per heavy atom. The lowest BCUT2D eigenvalue weighted by atomic mass is 10.0. The molecule has 0 aliphatic carbocycles. The Labute approximate surface area is 140 Å². The van der Waals surface area contributed by atoms with Crippen LogP contribution in [0.1, 0.15) is 57.4 Å². The Bertz CT molecular complexity index is 454. The fourth-order valence-corrected chi connectivity index (χ4v) is 2.51. The number of unbranched alkanes of at least 4 members (excludes halogenated alkanes) is 6. The summed E-state index contributed by atoms with van der Waals surface area (Å²) in [6, 6.07) is 7.74. The number of ether oxygens (including phenoxy) is 2. The number of aryl methyl sites for hydroxylation is 1. The zero-order chi connectivity index (χ0) is 16.8. The number of para-hydroxylation sites is 1. The minimum absolute atomic E-state index is 0.399. The highest BCUT2D eigenvalue weighted by Gasteiger charge is 2.05. The summed E-state index contributed by atoms with van der Waals surface area (Å²) in [5.74, 6) is 0.262. The van der Waals surface area contributed by atoms with Gasteiger partial charge in [-0.1, -0.05) is 56.9 Å². The van der Waals surface area contributed by atoms with Gasteiger partial charge in [0.05, 0.1) is 0 Å². The maximum atomic E-state index is 11.3. The lowest BCUT2D eigenvalue weighted by Crippen LogP contribution is -2.05. The standard InChI is InChI=1S/C20H30O3/c1-3-20(21)23-19-16-12-11-15-18(19)14-10-8-6-5-7-9-13-17-22-4-2/h3,11-12,15-16H,1,4-10,13-14,17H2,2H3. The predicted molar refractivity (Wildman–Crippen MR) is 94.8 cm³/mol. The third kappa shape index (κ3) is 9.19. The molecule has 3 heteroatoms. The molecule has 0 radical (unpaired) electrons. The van der Waals surface area contributed by atoms with Crippen molar-refractivity contribution in [3.05, 3.63) is 42.5 Å². The van der Waals surface area contributed by atoms with Crippen LogP contribution in [0.4, 0.5) is 0 Å². The van der Waals surface area contributed by atoms with Crippen LogP contribution in [0.5, 0.6) is 5.75 Å². The molecule has 0 aliphatic heterocycles. The minimum atomic E-state index is -0.399. The molecule has 0 aromatic heterocycles. The molecule has 0 fully saturated rings. The second-order valence-electron chi connectivity index (χ2n) is 5.65. The zero-order valence-electron chi connectivity index (χ0n) is 14.4. The van der Waals surface area contributed by atoms with Gasteiger partial charge in [0.25, 0.3) is 0 Å². The summed E-state index contributed by atoms with van der Waals surface area (Å²) >= 11 is 0.